The topological polar surface area (TPSA) is 49.3 Å². The van der Waals surface area contributed by atoms with Gasteiger partial charge in [-0.15, -0.1) is 0 Å². The Labute approximate surface area is 106 Å². The number of carbonyl (C=O) groups is 1. The van der Waals surface area contributed by atoms with Crippen LogP contribution in [0, 0.1) is 5.92 Å². The van der Waals surface area contributed by atoms with Gasteiger partial charge < -0.3 is 10.4 Å². The molecule has 0 bridgehead atoms. The van der Waals surface area contributed by atoms with E-state index in [1.807, 2.05) is 0 Å². The average molecular weight is 243 g/mol. The predicted octanol–water partition coefficient (Wildman–Crippen LogP) is 4.42. The van der Waals surface area contributed by atoms with Gasteiger partial charge in [0.05, 0.1) is 0 Å². The summed E-state index contributed by atoms with van der Waals surface area (Å²) in [5.74, 6) is 0.844. The second kappa shape index (κ2) is 11.7. The standard InChI is InChI=1S/C14H29NO2/c1-13(2)11-9-7-5-3-4-6-8-10-12-15-14(16)17/h13,15H,3-12H2,1-2H3,(H,16,17). The minimum absolute atomic E-state index is 0.601. The highest BCUT2D eigenvalue weighted by Gasteiger charge is 1.96. The Kier molecular flexibility index (Phi) is 11.2. The molecule has 0 unspecified atom stereocenters. The van der Waals surface area contributed by atoms with Crippen molar-refractivity contribution in [3.63, 3.8) is 0 Å². The molecule has 102 valence electrons. The molecule has 0 aliphatic carbocycles. The van der Waals surface area contributed by atoms with Crippen LogP contribution >= 0.6 is 0 Å². The normalized spacial score (nSPS) is 10.8. The van der Waals surface area contributed by atoms with E-state index in [0.717, 1.165) is 18.8 Å². The van der Waals surface area contributed by atoms with Crippen molar-refractivity contribution in [2.24, 2.45) is 5.92 Å². The first-order valence-corrected chi connectivity index (χ1v) is 7.09. The van der Waals surface area contributed by atoms with Crippen molar-refractivity contribution in [3.05, 3.63) is 0 Å². The molecular formula is C14H29NO2. The van der Waals surface area contributed by atoms with E-state index in [9.17, 15) is 4.79 Å². The molecule has 0 rings (SSSR count). The lowest BCUT2D eigenvalue weighted by molar-refractivity contribution is 0.194. The Morgan fingerprint density at radius 2 is 1.41 bits per heavy atom. The highest BCUT2D eigenvalue weighted by Crippen LogP contribution is 2.12. The first-order valence-electron chi connectivity index (χ1n) is 7.09. The van der Waals surface area contributed by atoms with Crippen molar-refractivity contribution in [3.8, 4) is 0 Å². The van der Waals surface area contributed by atoms with E-state index in [2.05, 4.69) is 19.2 Å². The number of nitrogens with one attached hydrogen (secondary N) is 1. The third kappa shape index (κ3) is 15.3. The van der Waals surface area contributed by atoms with Crippen LogP contribution in [-0.4, -0.2) is 17.7 Å². The van der Waals surface area contributed by atoms with E-state index in [0.29, 0.717) is 6.54 Å². The van der Waals surface area contributed by atoms with Crippen molar-refractivity contribution < 1.29 is 9.90 Å². The molecule has 0 aromatic rings. The van der Waals surface area contributed by atoms with E-state index >= 15 is 0 Å². The summed E-state index contributed by atoms with van der Waals surface area (Å²) >= 11 is 0. The van der Waals surface area contributed by atoms with Crippen LogP contribution < -0.4 is 5.32 Å². The summed E-state index contributed by atoms with van der Waals surface area (Å²) in [5.41, 5.74) is 0. The maximum Gasteiger partial charge on any atom is 0.404 e. The van der Waals surface area contributed by atoms with Crippen LogP contribution in [0.2, 0.25) is 0 Å². The Bertz CT molecular complexity index is 181. The van der Waals surface area contributed by atoms with E-state index < -0.39 is 6.09 Å². The molecule has 3 heteroatoms. The molecule has 3 nitrogen and oxygen atoms in total. The highest BCUT2D eigenvalue weighted by molar-refractivity contribution is 5.64. The summed E-state index contributed by atoms with van der Waals surface area (Å²) < 4.78 is 0. The average Bonchev–Trinajstić information content (AvgIpc) is 2.25. The van der Waals surface area contributed by atoms with Gasteiger partial charge in [-0.05, 0) is 12.3 Å². The summed E-state index contributed by atoms with van der Waals surface area (Å²) in [6.45, 7) is 5.17. The molecule has 0 aromatic heterocycles. The molecule has 2 N–H and O–H groups in total. The zero-order valence-corrected chi connectivity index (χ0v) is 11.5. The van der Waals surface area contributed by atoms with Crippen LogP contribution in [-0.2, 0) is 0 Å². The van der Waals surface area contributed by atoms with Gasteiger partial charge in [0.1, 0.15) is 0 Å². The van der Waals surface area contributed by atoms with Crippen molar-refractivity contribution in [1.82, 2.24) is 5.32 Å². The molecule has 17 heavy (non-hydrogen) atoms. The molecule has 0 fully saturated rings. The lowest BCUT2D eigenvalue weighted by Crippen LogP contribution is -2.21. The third-order valence-electron chi connectivity index (χ3n) is 2.98. The number of hydrogen-bond acceptors (Lipinski definition) is 1. The van der Waals surface area contributed by atoms with Gasteiger partial charge in [-0.25, -0.2) is 4.79 Å². The van der Waals surface area contributed by atoms with Gasteiger partial charge in [-0.1, -0.05) is 65.2 Å². The smallest absolute Gasteiger partial charge is 0.404 e. The molecule has 0 radical (unpaired) electrons. The fourth-order valence-electron chi connectivity index (χ4n) is 1.93. The summed E-state index contributed by atoms with van der Waals surface area (Å²) in [6.07, 6.45) is 10.6. The number of amides is 1. The Morgan fingerprint density at radius 3 is 1.88 bits per heavy atom. The second-order valence-corrected chi connectivity index (χ2v) is 5.24. The second-order valence-electron chi connectivity index (χ2n) is 5.24. The molecule has 0 aliphatic rings. The van der Waals surface area contributed by atoms with E-state index in [4.69, 9.17) is 5.11 Å². The SMILES string of the molecule is CC(C)CCCCCCCCCCNC(=O)O. The maximum absolute atomic E-state index is 10.2. The lowest BCUT2D eigenvalue weighted by atomic mass is 10.0. The van der Waals surface area contributed by atoms with Crippen LogP contribution in [0.4, 0.5) is 4.79 Å². The van der Waals surface area contributed by atoms with Crippen molar-refractivity contribution >= 4 is 6.09 Å². The third-order valence-corrected chi connectivity index (χ3v) is 2.98. The fraction of sp³-hybridized carbons (Fsp3) is 0.929. The Balaban J connectivity index is 2.96. The maximum atomic E-state index is 10.2. The van der Waals surface area contributed by atoms with Crippen molar-refractivity contribution in [2.45, 2.75) is 71.6 Å². The van der Waals surface area contributed by atoms with Crippen LogP contribution in [0.15, 0.2) is 0 Å². The van der Waals surface area contributed by atoms with Crippen LogP contribution in [0.1, 0.15) is 71.6 Å². The van der Waals surface area contributed by atoms with Crippen molar-refractivity contribution in [2.75, 3.05) is 6.54 Å². The van der Waals surface area contributed by atoms with Gasteiger partial charge in [0.25, 0.3) is 0 Å². The number of rotatable bonds is 11. The fourth-order valence-corrected chi connectivity index (χ4v) is 1.93. The van der Waals surface area contributed by atoms with E-state index in [1.54, 1.807) is 0 Å². The van der Waals surface area contributed by atoms with Crippen molar-refractivity contribution in [1.29, 1.82) is 0 Å². The van der Waals surface area contributed by atoms with Gasteiger partial charge >= 0.3 is 6.09 Å². The zero-order valence-electron chi connectivity index (χ0n) is 11.5. The monoisotopic (exact) mass is 243 g/mol. The molecule has 0 heterocycles. The summed E-state index contributed by atoms with van der Waals surface area (Å²) in [5, 5.41) is 10.8. The highest BCUT2D eigenvalue weighted by atomic mass is 16.4. The Morgan fingerprint density at radius 1 is 0.941 bits per heavy atom. The number of hydrogen-bond donors (Lipinski definition) is 2. The first kappa shape index (κ1) is 16.3. The summed E-state index contributed by atoms with van der Waals surface area (Å²) in [7, 11) is 0. The predicted molar refractivity (Wildman–Crippen MR) is 72.4 cm³/mol. The molecule has 0 atom stereocenters. The van der Waals surface area contributed by atoms with Gasteiger partial charge in [0, 0.05) is 6.54 Å². The molecule has 1 amide bonds. The van der Waals surface area contributed by atoms with Gasteiger partial charge in [0.2, 0.25) is 0 Å². The molecule has 0 saturated carbocycles. The summed E-state index contributed by atoms with van der Waals surface area (Å²) in [4.78, 5) is 10.2. The minimum Gasteiger partial charge on any atom is -0.465 e. The minimum atomic E-state index is -0.907. The summed E-state index contributed by atoms with van der Waals surface area (Å²) in [6, 6.07) is 0. The van der Waals surface area contributed by atoms with E-state index in [-0.39, 0.29) is 0 Å². The molecule has 0 saturated heterocycles. The number of unbranched alkanes of at least 4 members (excludes halogenated alkanes) is 7. The Hall–Kier alpha value is -0.730. The van der Waals surface area contributed by atoms with Crippen LogP contribution in [0.25, 0.3) is 0 Å². The lowest BCUT2D eigenvalue weighted by Gasteiger charge is -2.04. The largest absolute Gasteiger partial charge is 0.465 e. The molecular weight excluding hydrogens is 214 g/mol. The quantitative estimate of drug-likeness (QED) is 0.528. The van der Waals surface area contributed by atoms with Crippen LogP contribution in [0.5, 0.6) is 0 Å². The molecule has 0 spiro atoms. The molecule has 0 aliphatic heterocycles. The molecule has 0 aromatic carbocycles. The number of carboxylic acid groups (broad SMARTS) is 1. The van der Waals surface area contributed by atoms with E-state index in [1.165, 1.54) is 44.9 Å². The van der Waals surface area contributed by atoms with Gasteiger partial charge in [0.15, 0.2) is 0 Å². The zero-order chi connectivity index (χ0) is 12.9. The van der Waals surface area contributed by atoms with Gasteiger partial charge in [-0.3, -0.25) is 0 Å². The first-order chi connectivity index (χ1) is 8.13. The van der Waals surface area contributed by atoms with Crippen LogP contribution in [0.3, 0.4) is 0 Å². The van der Waals surface area contributed by atoms with Gasteiger partial charge in [-0.2, -0.15) is 0 Å².